The van der Waals surface area contributed by atoms with Gasteiger partial charge in [0, 0.05) is 23.5 Å². The van der Waals surface area contributed by atoms with E-state index < -0.39 is 0 Å². The summed E-state index contributed by atoms with van der Waals surface area (Å²) in [4.78, 5) is 15.8. The molecule has 1 saturated heterocycles. The average Bonchev–Trinajstić information content (AvgIpc) is 3.12. The topological polar surface area (TPSA) is 53.9 Å². The lowest BCUT2D eigenvalue weighted by atomic mass is 10.2. The Balaban J connectivity index is 1.64. The molecule has 0 saturated carbocycles. The molecule has 0 aliphatic carbocycles. The molecule has 0 atom stereocenters. The van der Waals surface area contributed by atoms with E-state index in [0.29, 0.717) is 5.82 Å². The lowest BCUT2D eigenvalue weighted by Crippen LogP contribution is -2.18. The summed E-state index contributed by atoms with van der Waals surface area (Å²) in [6, 6.07) is 7.89. The van der Waals surface area contributed by atoms with Crippen LogP contribution in [0, 0.1) is 6.92 Å². The van der Waals surface area contributed by atoms with Crippen LogP contribution in [0.5, 0.6) is 0 Å². The van der Waals surface area contributed by atoms with Gasteiger partial charge in [0.15, 0.2) is 5.82 Å². The lowest BCUT2D eigenvalue weighted by Gasteiger charge is -2.15. The summed E-state index contributed by atoms with van der Waals surface area (Å²) in [5.74, 6) is 0.697. The summed E-state index contributed by atoms with van der Waals surface area (Å²) >= 11 is 6.21. The summed E-state index contributed by atoms with van der Waals surface area (Å²) in [5.41, 5.74) is 4.73. The normalized spacial score (nSPS) is 15.0. The minimum absolute atomic E-state index is 0.697. The van der Waals surface area contributed by atoms with Crippen LogP contribution in [0.4, 0.5) is 11.5 Å². The Morgan fingerprint density at radius 1 is 1.16 bits per heavy atom. The number of aromatic nitrogens is 3. The maximum absolute atomic E-state index is 6.21. The standard InChI is InChI=1S/C19H20ClN5/c1-13-15(20)5-4-6-16(13)24-19-18-17(22-12-23-19)9-14(10-21-18)11-25-7-2-3-8-25/h4-6,9-10,12H,2-3,7-8,11H2,1H3,(H,22,23,24). The monoisotopic (exact) mass is 353 g/mol. The van der Waals surface area contributed by atoms with E-state index in [1.54, 1.807) is 6.33 Å². The summed E-state index contributed by atoms with van der Waals surface area (Å²) < 4.78 is 0. The second-order valence-corrected chi connectivity index (χ2v) is 6.86. The minimum atomic E-state index is 0.697. The van der Waals surface area contributed by atoms with Crippen LogP contribution in [-0.4, -0.2) is 32.9 Å². The van der Waals surface area contributed by atoms with Crippen LogP contribution in [0.15, 0.2) is 36.8 Å². The number of nitrogens with one attached hydrogen (secondary N) is 1. The number of benzene rings is 1. The van der Waals surface area contributed by atoms with Crippen molar-refractivity contribution < 1.29 is 0 Å². The van der Waals surface area contributed by atoms with Gasteiger partial charge in [0.05, 0.1) is 5.52 Å². The zero-order chi connectivity index (χ0) is 17.2. The maximum atomic E-state index is 6.21. The van der Waals surface area contributed by atoms with Gasteiger partial charge in [0.1, 0.15) is 11.8 Å². The minimum Gasteiger partial charge on any atom is -0.338 e. The van der Waals surface area contributed by atoms with E-state index in [1.807, 2.05) is 31.3 Å². The molecule has 0 radical (unpaired) electrons. The first kappa shape index (κ1) is 16.2. The number of nitrogens with zero attached hydrogens (tertiary/aromatic N) is 4. The van der Waals surface area contributed by atoms with Crippen molar-refractivity contribution in [2.45, 2.75) is 26.3 Å². The summed E-state index contributed by atoms with van der Waals surface area (Å²) in [5, 5.41) is 4.07. The molecule has 5 nitrogen and oxygen atoms in total. The number of anilines is 2. The van der Waals surface area contributed by atoms with Crippen LogP contribution in [-0.2, 0) is 6.54 Å². The van der Waals surface area contributed by atoms with Crippen LogP contribution in [0.1, 0.15) is 24.0 Å². The maximum Gasteiger partial charge on any atom is 0.160 e. The van der Waals surface area contributed by atoms with Gasteiger partial charge in [-0.3, -0.25) is 9.88 Å². The summed E-state index contributed by atoms with van der Waals surface area (Å²) in [7, 11) is 0. The van der Waals surface area contributed by atoms with E-state index in [-0.39, 0.29) is 0 Å². The Kier molecular flexibility index (Phi) is 4.51. The van der Waals surface area contributed by atoms with Gasteiger partial charge in [-0.05, 0) is 62.2 Å². The van der Waals surface area contributed by atoms with Gasteiger partial charge in [-0.1, -0.05) is 17.7 Å². The molecule has 1 fully saturated rings. The Labute approximate surface area is 152 Å². The number of rotatable bonds is 4. The Hall–Kier alpha value is -2.24. The van der Waals surface area contributed by atoms with Crippen molar-refractivity contribution >= 4 is 34.1 Å². The summed E-state index contributed by atoms with van der Waals surface area (Å²) in [6.45, 7) is 5.25. The number of likely N-dealkylation sites (tertiary alicyclic amines) is 1. The molecular formula is C19H20ClN5. The van der Waals surface area contributed by atoms with Gasteiger partial charge in [-0.15, -0.1) is 0 Å². The molecule has 4 rings (SSSR count). The van der Waals surface area contributed by atoms with Crippen molar-refractivity contribution in [2.75, 3.05) is 18.4 Å². The predicted molar refractivity (Wildman–Crippen MR) is 101 cm³/mol. The number of hydrogen-bond donors (Lipinski definition) is 1. The van der Waals surface area contributed by atoms with Gasteiger partial charge in [-0.25, -0.2) is 9.97 Å². The molecule has 3 aromatic rings. The van der Waals surface area contributed by atoms with Gasteiger partial charge >= 0.3 is 0 Å². The highest BCUT2D eigenvalue weighted by atomic mass is 35.5. The van der Waals surface area contributed by atoms with Crippen molar-refractivity contribution in [3.05, 3.63) is 52.9 Å². The van der Waals surface area contributed by atoms with E-state index in [0.717, 1.165) is 33.9 Å². The fourth-order valence-corrected chi connectivity index (χ4v) is 3.41. The quantitative estimate of drug-likeness (QED) is 0.756. The number of halogens is 1. The van der Waals surface area contributed by atoms with E-state index in [4.69, 9.17) is 11.6 Å². The fourth-order valence-electron chi connectivity index (χ4n) is 3.23. The average molecular weight is 354 g/mol. The molecule has 3 heterocycles. The molecule has 0 amide bonds. The predicted octanol–water partition coefficient (Wildman–Crippen LogP) is 4.33. The summed E-state index contributed by atoms with van der Waals surface area (Å²) in [6.07, 6.45) is 6.08. The molecule has 1 aliphatic rings. The lowest BCUT2D eigenvalue weighted by molar-refractivity contribution is 0.331. The van der Waals surface area contributed by atoms with Crippen LogP contribution < -0.4 is 5.32 Å². The van der Waals surface area contributed by atoms with E-state index >= 15 is 0 Å². The first-order valence-electron chi connectivity index (χ1n) is 8.55. The first-order valence-corrected chi connectivity index (χ1v) is 8.92. The van der Waals surface area contributed by atoms with Gasteiger partial charge < -0.3 is 5.32 Å². The van der Waals surface area contributed by atoms with Gasteiger partial charge in [-0.2, -0.15) is 0 Å². The zero-order valence-corrected chi connectivity index (χ0v) is 14.9. The van der Waals surface area contributed by atoms with Gasteiger partial charge in [0.25, 0.3) is 0 Å². The Morgan fingerprint density at radius 3 is 2.84 bits per heavy atom. The third-order valence-electron chi connectivity index (χ3n) is 4.66. The van der Waals surface area contributed by atoms with Crippen LogP contribution in [0.3, 0.4) is 0 Å². The third-order valence-corrected chi connectivity index (χ3v) is 5.07. The van der Waals surface area contributed by atoms with Crippen molar-refractivity contribution in [3.63, 3.8) is 0 Å². The number of hydrogen-bond acceptors (Lipinski definition) is 5. The SMILES string of the molecule is Cc1c(Cl)cccc1Nc1ncnc2cc(CN3CCCC3)cnc12. The van der Waals surface area contributed by atoms with Crippen LogP contribution in [0.2, 0.25) is 5.02 Å². The zero-order valence-electron chi connectivity index (χ0n) is 14.2. The fraction of sp³-hybridized carbons (Fsp3) is 0.316. The molecule has 0 bridgehead atoms. The molecule has 1 aromatic carbocycles. The van der Waals surface area contributed by atoms with Crippen LogP contribution >= 0.6 is 11.6 Å². The van der Waals surface area contributed by atoms with Crippen molar-refractivity contribution in [1.82, 2.24) is 19.9 Å². The molecule has 2 aromatic heterocycles. The highest BCUT2D eigenvalue weighted by Crippen LogP contribution is 2.28. The molecule has 6 heteroatoms. The van der Waals surface area contributed by atoms with E-state index in [9.17, 15) is 0 Å². The number of fused-ring (bicyclic) bond motifs is 1. The molecule has 128 valence electrons. The Morgan fingerprint density at radius 2 is 2.00 bits per heavy atom. The molecule has 25 heavy (non-hydrogen) atoms. The molecular weight excluding hydrogens is 334 g/mol. The Bertz CT molecular complexity index is 905. The second kappa shape index (κ2) is 6.94. The largest absolute Gasteiger partial charge is 0.338 e. The third kappa shape index (κ3) is 3.43. The van der Waals surface area contributed by atoms with Crippen molar-refractivity contribution in [2.24, 2.45) is 0 Å². The molecule has 1 N–H and O–H groups in total. The molecule has 1 aliphatic heterocycles. The van der Waals surface area contributed by atoms with Crippen molar-refractivity contribution in [3.8, 4) is 0 Å². The number of pyridine rings is 1. The van der Waals surface area contributed by atoms with Gasteiger partial charge in [0.2, 0.25) is 0 Å². The molecule has 0 unspecified atom stereocenters. The van der Waals surface area contributed by atoms with Crippen molar-refractivity contribution in [1.29, 1.82) is 0 Å². The van der Waals surface area contributed by atoms with E-state index in [1.165, 1.54) is 31.5 Å². The van der Waals surface area contributed by atoms with Crippen LogP contribution in [0.25, 0.3) is 11.0 Å². The van der Waals surface area contributed by atoms with E-state index in [2.05, 4.69) is 31.2 Å². The highest BCUT2D eigenvalue weighted by molar-refractivity contribution is 6.31. The first-order chi connectivity index (χ1) is 12.2. The molecule has 0 spiro atoms. The highest BCUT2D eigenvalue weighted by Gasteiger charge is 2.13. The second-order valence-electron chi connectivity index (χ2n) is 6.45. The smallest absolute Gasteiger partial charge is 0.160 e.